The largest absolute Gasteiger partial charge is 0.337 e. The molecule has 1 heterocycles. The molecule has 7 heteroatoms. The van der Waals surface area contributed by atoms with Crippen molar-refractivity contribution >= 4 is 31.7 Å². The van der Waals surface area contributed by atoms with Crippen molar-refractivity contribution in [1.82, 2.24) is 10.2 Å². The highest BCUT2D eigenvalue weighted by Gasteiger charge is 2.27. The minimum atomic E-state index is -3.46. The maximum Gasteiger partial charge on any atom is 0.238 e. The molecule has 1 fully saturated rings. The van der Waals surface area contributed by atoms with Crippen LogP contribution in [0.5, 0.6) is 0 Å². The summed E-state index contributed by atoms with van der Waals surface area (Å²) in [4.78, 5) is 13.8. The van der Waals surface area contributed by atoms with Gasteiger partial charge in [0.15, 0.2) is 9.84 Å². The molecule has 0 saturated carbocycles. The molecule has 1 aliphatic heterocycles. The maximum absolute atomic E-state index is 12.2. The lowest BCUT2D eigenvalue weighted by Gasteiger charge is -2.33. The molecule has 1 atom stereocenters. The number of hydrogen-bond acceptors (Lipinski definition) is 4. The summed E-state index contributed by atoms with van der Waals surface area (Å²) in [7, 11) is -3.46. The van der Waals surface area contributed by atoms with Crippen LogP contribution in [0.15, 0.2) is 28.7 Å². The van der Waals surface area contributed by atoms with E-state index in [1.165, 1.54) is 0 Å². The monoisotopic (exact) mass is 374 g/mol. The molecular formula is C14H19BrN2O3S. The summed E-state index contributed by atoms with van der Waals surface area (Å²) in [6.07, 6.45) is 0. The predicted molar refractivity (Wildman–Crippen MR) is 85.7 cm³/mol. The van der Waals surface area contributed by atoms with E-state index in [1.807, 2.05) is 13.0 Å². The van der Waals surface area contributed by atoms with Crippen LogP contribution in [0, 0.1) is 0 Å². The maximum atomic E-state index is 12.2. The fourth-order valence-electron chi connectivity index (χ4n) is 2.41. The van der Waals surface area contributed by atoms with Gasteiger partial charge in [0.2, 0.25) is 5.91 Å². The highest BCUT2D eigenvalue weighted by Crippen LogP contribution is 2.15. The van der Waals surface area contributed by atoms with Gasteiger partial charge in [-0.3, -0.25) is 4.79 Å². The van der Waals surface area contributed by atoms with E-state index >= 15 is 0 Å². The molecule has 116 valence electrons. The smallest absolute Gasteiger partial charge is 0.238 e. The number of carbonyl (C=O) groups excluding carboxylic acids is 1. The van der Waals surface area contributed by atoms with Gasteiger partial charge in [-0.25, -0.2) is 8.42 Å². The summed E-state index contributed by atoms with van der Waals surface area (Å²) < 4.78 is 25.2. The molecule has 1 amide bonds. The lowest BCUT2D eigenvalue weighted by molar-refractivity contribution is -0.131. The van der Waals surface area contributed by atoms with Crippen molar-refractivity contribution in [3.8, 4) is 0 Å². The average Bonchev–Trinajstić information content (AvgIpc) is 2.37. The van der Waals surface area contributed by atoms with Crippen LogP contribution in [0.2, 0.25) is 0 Å². The zero-order chi connectivity index (χ0) is 15.5. The SMILES string of the molecule is CC1CNCCN1C(=O)CS(=O)(=O)Cc1cccc(Br)c1. The molecule has 5 nitrogen and oxygen atoms in total. The van der Waals surface area contributed by atoms with E-state index in [-0.39, 0.29) is 17.7 Å². The van der Waals surface area contributed by atoms with Crippen LogP contribution in [-0.2, 0) is 20.4 Å². The van der Waals surface area contributed by atoms with E-state index in [4.69, 9.17) is 0 Å². The highest BCUT2D eigenvalue weighted by atomic mass is 79.9. The van der Waals surface area contributed by atoms with Gasteiger partial charge in [-0.05, 0) is 24.6 Å². The summed E-state index contributed by atoms with van der Waals surface area (Å²) in [5.41, 5.74) is 0.686. The molecular weight excluding hydrogens is 356 g/mol. The molecule has 1 aliphatic rings. The Kier molecular flexibility index (Phi) is 5.40. The van der Waals surface area contributed by atoms with Gasteiger partial charge in [0.25, 0.3) is 0 Å². The first-order valence-corrected chi connectivity index (χ1v) is 9.44. The standard InChI is InChI=1S/C14H19BrN2O3S/c1-11-8-16-5-6-17(11)14(18)10-21(19,20)9-12-3-2-4-13(15)7-12/h2-4,7,11,16H,5-6,8-10H2,1H3. The zero-order valence-electron chi connectivity index (χ0n) is 11.9. The molecule has 1 unspecified atom stereocenters. The quantitative estimate of drug-likeness (QED) is 0.859. The van der Waals surface area contributed by atoms with Crippen molar-refractivity contribution < 1.29 is 13.2 Å². The minimum absolute atomic E-state index is 0.0346. The molecule has 0 aliphatic carbocycles. The van der Waals surface area contributed by atoms with E-state index in [0.29, 0.717) is 25.2 Å². The number of piperazine rings is 1. The van der Waals surface area contributed by atoms with Crippen LogP contribution in [-0.4, -0.2) is 50.7 Å². The van der Waals surface area contributed by atoms with E-state index in [1.54, 1.807) is 23.1 Å². The van der Waals surface area contributed by atoms with Crippen molar-refractivity contribution in [2.24, 2.45) is 0 Å². The van der Waals surface area contributed by atoms with Gasteiger partial charge in [-0.1, -0.05) is 28.1 Å². The van der Waals surface area contributed by atoms with E-state index in [9.17, 15) is 13.2 Å². The van der Waals surface area contributed by atoms with Crippen LogP contribution in [0.25, 0.3) is 0 Å². The lowest BCUT2D eigenvalue weighted by Crippen LogP contribution is -2.53. The normalized spacial score (nSPS) is 19.5. The number of nitrogens with one attached hydrogen (secondary N) is 1. The average molecular weight is 375 g/mol. The van der Waals surface area contributed by atoms with E-state index in [2.05, 4.69) is 21.2 Å². The van der Waals surface area contributed by atoms with Crippen LogP contribution < -0.4 is 5.32 Å². The topological polar surface area (TPSA) is 66.5 Å². The van der Waals surface area contributed by atoms with Crippen molar-refractivity contribution in [3.05, 3.63) is 34.3 Å². The first kappa shape index (κ1) is 16.5. The predicted octanol–water partition coefficient (Wildman–Crippen LogP) is 1.18. The number of sulfone groups is 1. The lowest BCUT2D eigenvalue weighted by atomic mass is 10.2. The Balaban J connectivity index is 2.01. The third-order valence-electron chi connectivity index (χ3n) is 3.44. The number of nitrogens with zero attached hydrogens (tertiary/aromatic N) is 1. The Labute approximate surface area is 133 Å². The molecule has 0 spiro atoms. The van der Waals surface area contributed by atoms with Gasteiger partial charge < -0.3 is 10.2 Å². The molecule has 1 aromatic carbocycles. The summed E-state index contributed by atoms with van der Waals surface area (Å²) >= 11 is 3.31. The molecule has 0 bridgehead atoms. The first-order chi connectivity index (χ1) is 9.87. The highest BCUT2D eigenvalue weighted by molar-refractivity contribution is 9.10. The number of amides is 1. The van der Waals surface area contributed by atoms with Gasteiger partial charge in [0.05, 0.1) is 5.75 Å². The zero-order valence-corrected chi connectivity index (χ0v) is 14.3. The number of carbonyl (C=O) groups is 1. The van der Waals surface area contributed by atoms with Gasteiger partial charge in [-0.15, -0.1) is 0 Å². The summed E-state index contributed by atoms with van der Waals surface area (Å²) in [6.45, 7) is 3.90. The first-order valence-electron chi connectivity index (χ1n) is 6.82. The molecule has 21 heavy (non-hydrogen) atoms. The second-order valence-electron chi connectivity index (χ2n) is 5.30. The summed E-state index contributed by atoms with van der Waals surface area (Å²) in [5, 5.41) is 3.18. The Hall–Kier alpha value is -0.920. The molecule has 1 saturated heterocycles. The van der Waals surface area contributed by atoms with Crippen LogP contribution in [0.1, 0.15) is 12.5 Å². The van der Waals surface area contributed by atoms with Crippen molar-refractivity contribution in [2.75, 3.05) is 25.4 Å². The Bertz CT molecular complexity index is 618. The van der Waals surface area contributed by atoms with Crippen molar-refractivity contribution in [1.29, 1.82) is 0 Å². The Morgan fingerprint density at radius 2 is 2.24 bits per heavy atom. The van der Waals surface area contributed by atoms with Crippen LogP contribution in [0.4, 0.5) is 0 Å². The number of rotatable bonds is 4. The molecule has 0 radical (unpaired) electrons. The second kappa shape index (κ2) is 6.89. The second-order valence-corrected chi connectivity index (χ2v) is 8.28. The number of halogens is 1. The van der Waals surface area contributed by atoms with Crippen molar-refractivity contribution in [3.63, 3.8) is 0 Å². The van der Waals surface area contributed by atoms with E-state index < -0.39 is 15.6 Å². The minimum Gasteiger partial charge on any atom is -0.337 e. The van der Waals surface area contributed by atoms with Gasteiger partial charge in [0, 0.05) is 30.1 Å². The van der Waals surface area contributed by atoms with E-state index in [0.717, 1.165) is 4.47 Å². The van der Waals surface area contributed by atoms with Crippen LogP contribution >= 0.6 is 15.9 Å². The fourth-order valence-corrected chi connectivity index (χ4v) is 4.19. The third-order valence-corrected chi connectivity index (χ3v) is 5.39. The van der Waals surface area contributed by atoms with Gasteiger partial charge >= 0.3 is 0 Å². The van der Waals surface area contributed by atoms with Gasteiger partial charge in [0.1, 0.15) is 5.75 Å². The molecule has 0 aromatic heterocycles. The number of benzene rings is 1. The Morgan fingerprint density at radius 1 is 1.48 bits per heavy atom. The third kappa shape index (κ3) is 4.79. The molecule has 1 aromatic rings. The Morgan fingerprint density at radius 3 is 2.90 bits per heavy atom. The van der Waals surface area contributed by atoms with Crippen molar-refractivity contribution in [2.45, 2.75) is 18.7 Å². The summed E-state index contributed by atoms with van der Waals surface area (Å²) in [6, 6.07) is 7.17. The molecule has 1 N–H and O–H groups in total. The van der Waals surface area contributed by atoms with Crippen LogP contribution in [0.3, 0.4) is 0 Å². The molecule has 2 rings (SSSR count). The fraction of sp³-hybridized carbons (Fsp3) is 0.500. The number of hydrogen-bond donors (Lipinski definition) is 1. The summed E-state index contributed by atoms with van der Waals surface area (Å²) in [5.74, 6) is -0.846. The van der Waals surface area contributed by atoms with Gasteiger partial charge in [-0.2, -0.15) is 0 Å².